The number of H-pyrrole nitrogens is 1. The number of aromatic amines is 1. The Labute approximate surface area is 94.9 Å². The third kappa shape index (κ3) is 2.00. The van der Waals surface area contributed by atoms with E-state index in [0.29, 0.717) is 5.82 Å². The van der Waals surface area contributed by atoms with Gasteiger partial charge in [0.25, 0.3) is 0 Å². The van der Waals surface area contributed by atoms with Crippen molar-refractivity contribution >= 4 is 17.2 Å². The van der Waals surface area contributed by atoms with E-state index in [9.17, 15) is 0 Å². The van der Waals surface area contributed by atoms with Gasteiger partial charge in [-0.05, 0) is 25.5 Å². The van der Waals surface area contributed by atoms with E-state index in [1.807, 2.05) is 12.1 Å². The fraction of sp³-hybridized carbons (Fsp3) is 0.250. The summed E-state index contributed by atoms with van der Waals surface area (Å²) in [4.78, 5) is 0. The van der Waals surface area contributed by atoms with E-state index < -0.39 is 0 Å². The van der Waals surface area contributed by atoms with Crippen molar-refractivity contribution in [1.82, 2.24) is 10.2 Å². The first-order chi connectivity index (χ1) is 7.70. The van der Waals surface area contributed by atoms with Gasteiger partial charge in [0.15, 0.2) is 5.82 Å². The second kappa shape index (κ2) is 4.26. The van der Waals surface area contributed by atoms with Crippen LogP contribution in [0.2, 0.25) is 0 Å². The summed E-state index contributed by atoms with van der Waals surface area (Å²) in [5.41, 5.74) is 9.96. The lowest BCUT2D eigenvalue weighted by Crippen LogP contribution is -1.96. The molecule has 16 heavy (non-hydrogen) atoms. The minimum Gasteiger partial charge on any atom is -0.380 e. The summed E-state index contributed by atoms with van der Waals surface area (Å²) < 4.78 is 0. The average molecular weight is 216 g/mol. The number of hydrogen-bond donors (Lipinski definition) is 3. The number of nitrogens with two attached hydrogens (primary N) is 1. The van der Waals surface area contributed by atoms with Crippen molar-refractivity contribution in [3.63, 3.8) is 0 Å². The average Bonchev–Trinajstić information content (AvgIpc) is 2.63. The molecule has 0 saturated heterocycles. The second-order valence-electron chi connectivity index (χ2n) is 3.81. The maximum atomic E-state index is 5.79. The largest absolute Gasteiger partial charge is 0.380 e. The van der Waals surface area contributed by atoms with Crippen LogP contribution in [0.1, 0.15) is 18.2 Å². The highest BCUT2D eigenvalue weighted by Crippen LogP contribution is 2.25. The number of anilines is 3. The summed E-state index contributed by atoms with van der Waals surface area (Å²) in [6.07, 6.45) is 0.873. The van der Waals surface area contributed by atoms with E-state index in [-0.39, 0.29) is 0 Å². The third-order valence-electron chi connectivity index (χ3n) is 2.54. The molecular formula is C12H16N4. The Hall–Kier alpha value is -1.97. The van der Waals surface area contributed by atoms with Crippen molar-refractivity contribution in [2.45, 2.75) is 20.3 Å². The SMILES string of the molecule is CCc1[nH]nc(N)c1Nc1ccc(C)cc1. The van der Waals surface area contributed by atoms with Gasteiger partial charge >= 0.3 is 0 Å². The molecule has 0 aliphatic rings. The smallest absolute Gasteiger partial charge is 0.169 e. The molecule has 0 atom stereocenters. The summed E-state index contributed by atoms with van der Waals surface area (Å²) >= 11 is 0. The van der Waals surface area contributed by atoms with Gasteiger partial charge in [-0.25, -0.2) is 0 Å². The Balaban J connectivity index is 2.26. The van der Waals surface area contributed by atoms with Gasteiger partial charge in [-0.3, -0.25) is 5.10 Å². The maximum absolute atomic E-state index is 5.79. The number of hydrogen-bond acceptors (Lipinski definition) is 3. The molecule has 1 heterocycles. The van der Waals surface area contributed by atoms with E-state index in [4.69, 9.17) is 5.73 Å². The summed E-state index contributed by atoms with van der Waals surface area (Å²) in [7, 11) is 0. The molecule has 4 nitrogen and oxygen atoms in total. The van der Waals surface area contributed by atoms with Crippen LogP contribution in [0.25, 0.3) is 0 Å². The number of aromatic nitrogens is 2. The van der Waals surface area contributed by atoms with Gasteiger partial charge in [-0.2, -0.15) is 5.10 Å². The molecule has 0 bridgehead atoms. The van der Waals surface area contributed by atoms with Crippen LogP contribution in [0, 0.1) is 6.92 Å². The predicted molar refractivity (Wildman–Crippen MR) is 66.8 cm³/mol. The van der Waals surface area contributed by atoms with Crippen LogP contribution in [0.3, 0.4) is 0 Å². The second-order valence-corrected chi connectivity index (χ2v) is 3.81. The molecule has 4 N–H and O–H groups in total. The van der Waals surface area contributed by atoms with E-state index in [2.05, 4.69) is 41.5 Å². The topological polar surface area (TPSA) is 66.7 Å². The summed E-state index contributed by atoms with van der Waals surface area (Å²) in [6.45, 7) is 4.13. The lowest BCUT2D eigenvalue weighted by atomic mass is 10.2. The molecule has 1 aromatic carbocycles. The Kier molecular flexibility index (Phi) is 2.81. The monoisotopic (exact) mass is 216 g/mol. The quantitative estimate of drug-likeness (QED) is 0.738. The van der Waals surface area contributed by atoms with E-state index in [0.717, 1.165) is 23.5 Å². The van der Waals surface area contributed by atoms with Crippen molar-refractivity contribution < 1.29 is 0 Å². The molecule has 0 unspecified atom stereocenters. The first-order valence-electron chi connectivity index (χ1n) is 5.37. The number of aryl methyl sites for hydroxylation is 2. The van der Waals surface area contributed by atoms with Crippen molar-refractivity contribution in [3.05, 3.63) is 35.5 Å². The Bertz CT molecular complexity index is 470. The van der Waals surface area contributed by atoms with Gasteiger partial charge in [0.1, 0.15) is 5.69 Å². The highest BCUT2D eigenvalue weighted by atomic mass is 15.2. The fourth-order valence-corrected chi connectivity index (χ4v) is 1.57. The lowest BCUT2D eigenvalue weighted by molar-refractivity contribution is 0.978. The van der Waals surface area contributed by atoms with Crippen LogP contribution < -0.4 is 11.1 Å². The van der Waals surface area contributed by atoms with Crippen LogP contribution in [-0.4, -0.2) is 10.2 Å². The third-order valence-corrected chi connectivity index (χ3v) is 2.54. The van der Waals surface area contributed by atoms with Crippen molar-refractivity contribution in [3.8, 4) is 0 Å². The molecule has 4 heteroatoms. The minimum absolute atomic E-state index is 0.512. The molecular weight excluding hydrogens is 200 g/mol. The van der Waals surface area contributed by atoms with Crippen LogP contribution in [0.15, 0.2) is 24.3 Å². The molecule has 2 aromatic rings. The summed E-state index contributed by atoms with van der Waals surface area (Å²) in [5.74, 6) is 0.512. The van der Waals surface area contributed by atoms with Crippen LogP contribution in [0.5, 0.6) is 0 Å². The Morgan fingerprint density at radius 1 is 1.31 bits per heavy atom. The Morgan fingerprint density at radius 3 is 2.62 bits per heavy atom. The molecule has 0 radical (unpaired) electrons. The molecule has 0 fully saturated rings. The number of rotatable bonds is 3. The van der Waals surface area contributed by atoms with E-state index in [1.54, 1.807) is 0 Å². The minimum atomic E-state index is 0.512. The van der Waals surface area contributed by atoms with E-state index in [1.165, 1.54) is 5.56 Å². The molecule has 1 aromatic heterocycles. The Morgan fingerprint density at radius 2 is 2.00 bits per heavy atom. The van der Waals surface area contributed by atoms with Crippen molar-refractivity contribution in [2.75, 3.05) is 11.1 Å². The number of nitrogens with zero attached hydrogens (tertiary/aromatic N) is 1. The highest BCUT2D eigenvalue weighted by molar-refractivity contribution is 5.72. The maximum Gasteiger partial charge on any atom is 0.169 e. The standard InChI is InChI=1S/C12H16N4/c1-3-10-11(12(13)16-15-10)14-9-6-4-8(2)5-7-9/h4-7,14H,3H2,1-2H3,(H3,13,15,16). The van der Waals surface area contributed by atoms with Gasteiger partial charge in [0, 0.05) is 5.69 Å². The van der Waals surface area contributed by atoms with Crippen LogP contribution in [0.4, 0.5) is 17.2 Å². The van der Waals surface area contributed by atoms with Gasteiger partial charge in [0.05, 0.1) is 5.69 Å². The zero-order valence-corrected chi connectivity index (χ0v) is 9.54. The summed E-state index contributed by atoms with van der Waals surface area (Å²) in [5, 5.41) is 10.2. The zero-order chi connectivity index (χ0) is 11.5. The fourth-order valence-electron chi connectivity index (χ4n) is 1.57. The first-order valence-corrected chi connectivity index (χ1v) is 5.37. The van der Waals surface area contributed by atoms with Crippen LogP contribution >= 0.6 is 0 Å². The number of benzene rings is 1. The first kappa shape index (κ1) is 10.5. The highest BCUT2D eigenvalue weighted by Gasteiger charge is 2.08. The molecule has 2 rings (SSSR count). The summed E-state index contributed by atoms with van der Waals surface area (Å²) in [6, 6.07) is 8.18. The number of nitrogen functional groups attached to an aromatic ring is 1. The van der Waals surface area contributed by atoms with E-state index >= 15 is 0 Å². The number of nitrogens with one attached hydrogen (secondary N) is 2. The molecule has 84 valence electrons. The molecule has 0 amide bonds. The van der Waals surface area contributed by atoms with Gasteiger partial charge in [0.2, 0.25) is 0 Å². The van der Waals surface area contributed by atoms with Gasteiger partial charge in [-0.1, -0.05) is 24.6 Å². The van der Waals surface area contributed by atoms with Crippen LogP contribution in [-0.2, 0) is 6.42 Å². The molecule has 0 aliphatic heterocycles. The molecule has 0 spiro atoms. The normalized spacial score (nSPS) is 10.4. The van der Waals surface area contributed by atoms with Crippen molar-refractivity contribution in [1.29, 1.82) is 0 Å². The lowest BCUT2D eigenvalue weighted by Gasteiger charge is -2.07. The zero-order valence-electron chi connectivity index (χ0n) is 9.54. The molecule has 0 aliphatic carbocycles. The van der Waals surface area contributed by atoms with Gasteiger partial charge < -0.3 is 11.1 Å². The van der Waals surface area contributed by atoms with Crippen molar-refractivity contribution in [2.24, 2.45) is 0 Å². The molecule has 0 saturated carbocycles. The predicted octanol–water partition coefficient (Wildman–Crippen LogP) is 2.61. The van der Waals surface area contributed by atoms with Gasteiger partial charge in [-0.15, -0.1) is 0 Å².